The van der Waals surface area contributed by atoms with E-state index in [2.05, 4.69) is 20.9 Å². The summed E-state index contributed by atoms with van der Waals surface area (Å²) in [5, 5.41) is 1.00. The average molecular weight is 402 g/mol. The van der Waals surface area contributed by atoms with Gasteiger partial charge in [-0.3, -0.25) is 4.79 Å². The number of amides is 1. The Morgan fingerprint density at radius 2 is 1.80 bits per heavy atom. The van der Waals surface area contributed by atoms with E-state index in [9.17, 15) is 9.18 Å². The van der Waals surface area contributed by atoms with Crippen LogP contribution in [-0.2, 0) is 0 Å². The van der Waals surface area contributed by atoms with E-state index in [1.807, 2.05) is 40.1 Å². The van der Waals surface area contributed by atoms with Crippen molar-refractivity contribution in [2.24, 2.45) is 0 Å². The molecule has 0 unspecified atom stereocenters. The van der Waals surface area contributed by atoms with Gasteiger partial charge in [-0.1, -0.05) is 28.1 Å². The monoisotopic (exact) mass is 401 g/mol. The number of hydrogen-bond acceptors (Lipinski definition) is 2. The Balaban J connectivity index is 1.48. The van der Waals surface area contributed by atoms with Crippen LogP contribution in [0.25, 0.3) is 10.9 Å². The molecular formula is C19H17BrFN3O. The summed E-state index contributed by atoms with van der Waals surface area (Å²) in [5.74, 6) is -0.232. The summed E-state index contributed by atoms with van der Waals surface area (Å²) in [6.45, 7) is 2.40. The van der Waals surface area contributed by atoms with Crippen molar-refractivity contribution >= 4 is 38.4 Å². The number of anilines is 1. The van der Waals surface area contributed by atoms with Gasteiger partial charge in [0.2, 0.25) is 0 Å². The largest absolute Gasteiger partial charge is 0.366 e. The zero-order valence-corrected chi connectivity index (χ0v) is 15.1. The minimum Gasteiger partial charge on any atom is -0.366 e. The quantitative estimate of drug-likeness (QED) is 0.703. The molecule has 2 heterocycles. The number of benzene rings is 2. The van der Waals surface area contributed by atoms with E-state index < -0.39 is 0 Å². The Morgan fingerprint density at radius 3 is 2.56 bits per heavy atom. The number of aromatic nitrogens is 1. The fourth-order valence-electron chi connectivity index (χ4n) is 3.25. The first-order valence-electron chi connectivity index (χ1n) is 8.19. The summed E-state index contributed by atoms with van der Waals surface area (Å²) in [7, 11) is 0. The predicted molar refractivity (Wildman–Crippen MR) is 101 cm³/mol. The molecule has 1 N–H and O–H groups in total. The SMILES string of the molecule is O=C(c1cc2cc(Br)ccc2[nH]1)N1CCN(c2ccccc2F)CC1. The number of nitrogens with one attached hydrogen (secondary N) is 1. The number of hydrogen-bond donors (Lipinski definition) is 1. The van der Waals surface area contributed by atoms with Crippen molar-refractivity contribution in [1.29, 1.82) is 0 Å². The molecule has 1 fully saturated rings. The Kier molecular flexibility index (Phi) is 4.21. The van der Waals surface area contributed by atoms with E-state index in [-0.39, 0.29) is 11.7 Å². The highest BCUT2D eigenvalue weighted by atomic mass is 79.9. The summed E-state index contributed by atoms with van der Waals surface area (Å²) in [5.41, 5.74) is 2.13. The number of fused-ring (bicyclic) bond motifs is 1. The first-order valence-corrected chi connectivity index (χ1v) is 8.98. The second kappa shape index (κ2) is 6.52. The summed E-state index contributed by atoms with van der Waals surface area (Å²) in [6, 6.07) is 14.5. The standard InChI is InChI=1S/C19H17BrFN3O/c20-14-5-6-16-13(11-14)12-17(22-16)19(25)24-9-7-23(8-10-24)18-4-2-1-3-15(18)21/h1-6,11-12,22H,7-10H2. The van der Waals surface area contributed by atoms with Gasteiger partial charge in [0.05, 0.1) is 5.69 Å². The zero-order valence-electron chi connectivity index (χ0n) is 13.5. The van der Waals surface area contributed by atoms with E-state index in [0.29, 0.717) is 37.6 Å². The molecule has 4 rings (SSSR count). The van der Waals surface area contributed by atoms with Gasteiger partial charge in [0, 0.05) is 41.6 Å². The lowest BCUT2D eigenvalue weighted by Crippen LogP contribution is -2.49. The summed E-state index contributed by atoms with van der Waals surface area (Å²) in [4.78, 5) is 19.7. The number of aromatic amines is 1. The highest BCUT2D eigenvalue weighted by Crippen LogP contribution is 2.23. The molecule has 0 atom stereocenters. The van der Waals surface area contributed by atoms with Gasteiger partial charge in [0.25, 0.3) is 5.91 Å². The Hall–Kier alpha value is -2.34. The summed E-state index contributed by atoms with van der Waals surface area (Å²) >= 11 is 3.44. The van der Waals surface area contributed by atoms with E-state index in [1.54, 1.807) is 12.1 Å². The maximum Gasteiger partial charge on any atom is 0.270 e. The molecule has 1 aromatic heterocycles. The molecule has 1 aliphatic heterocycles. The Labute approximate surface area is 153 Å². The van der Waals surface area contributed by atoms with Crippen LogP contribution < -0.4 is 4.90 Å². The van der Waals surface area contributed by atoms with Crippen molar-refractivity contribution in [3.05, 3.63) is 64.5 Å². The van der Waals surface area contributed by atoms with Gasteiger partial charge >= 0.3 is 0 Å². The minimum atomic E-state index is -0.219. The van der Waals surface area contributed by atoms with Gasteiger partial charge in [-0.05, 0) is 36.4 Å². The molecule has 128 valence electrons. The maximum absolute atomic E-state index is 13.9. The minimum absolute atomic E-state index is 0.0134. The third-order valence-corrected chi connectivity index (χ3v) is 5.07. The number of nitrogens with zero attached hydrogens (tertiary/aromatic N) is 2. The first-order chi connectivity index (χ1) is 12.1. The Bertz CT molecular complexity index is 931. The van der Waals surface area contributed by atoms with Crippen LogP contribution in [0.2, 0.25) is 0 Å². The van der Waals surface area contributed by atoms with Crippen molar-refractivity contribution in [3.8, 4) is 0 Å². The van der Waals surface area contributed by atoms with Crippen molar-refractivity contribution < 1.29 is 9.18 Å². The van der Waals surface area contributed by atoms with Crippen LogP contribution in [0.15, 0.2) is 53.0 Å². The number of carbonyl (C=O) groups excluding carboxylic acids is 1. The molecule has 0 spiro atoms. The van der Waals surface area contributed by atoms with Gasteiger partial charge in [-0.2, -0.15) is 0 Å². The molecule has 0 saturated carbocycles. The van der Waals surface area contributed by atoms with Gasteiger partial charge in [-0.15, -0.1) is 0 Å². The first kappa shape index (κ1) is 16.1. The predicted octanol–water partition coefficient (Wildman–Crippen LogP) is 4.03. The van der Waals surface area contributed by atoms with E-state index >= 15 is 0 Å². The third-order valence-electron chi connectivity index (χ3n) is 4.57. The smallest absolute Gasteiger partial charge is 0.270 e. The molecule has 0 bridgehead atoms. The summed E-state index contributed by atoms with van der Waals surface area (Å²) < 4.78 is 14.9. The molecule has 1 aliphatic rings. The Morgan fingerprint density at radius 1 is 1.04 bits per heavy atom. The molecule has 1 amide bonds. The highest BCUT2D eigenvalue weighted by Gasteiger charge is 2.24. The van der Waals surface area contributed by atoms with E-state index in [0.717, 1.165) is 15.4 Å². The fourth-order valence-corrected chi connectivity index (χ4v) is 3.63. The van der Waals surface area contributed by atoms with Gasteiger partial charge in [0.15, 0.2) is 0 Å². The van der Waals surface area contributed by atoms with Crippen LogP contribution in [0.1, 0.15) is 10.5 Å². The number of piperazine rings is 1. The van der Waals surface area contributed by atoms with Crippen molar-refractivity contribution in [2.75, 3.05) is 31.1 Å². The highest BCUT2D eigenvalue weighted by molar-refractivity contribution is 9.10. The second-order valence-electron chi connectivity index (χ2n) is 6.15. The molecule has 4 nitrogen and oxygen atoms in total. The van der Waals surface area contributed by atoms with E-state index in [4.69, 9.17) is 0 Å². The number of para-hydroxylation sites is 1. The maximum atomic E-state index is 13.9. The topological polar surface area (TPSA) is 39.3 Å². The lowest BCUT2D eigenvalue weighted by molar-refractivity contribution is 0.0741. The molecule has 3 aromatic rings. The van der Waals surface area contributed by atoms with Crippen molar-refractivity contribution in [3.63, 3.8) is 0 Å². The lowest BCUT2D eigenvalue weighted by Gasteiger charge is -2.36. The number of rotatable bonds is 2. The van der Waals surface area contributed by atoms with E-state index in [1.165, 1.54) is 6.07 Å². The van der Waals surface area contributed by atoms with Crippen LogP contribution in [0.4, 0.5) is 10.1 Å². The summed E-state index contributed by atoms with van der Waals surface area (Å²) in [6.07, 6.45) is 0. The van der Waals surface area contributed by atoms with Crippen molar-refractivity contribution in [1.82, 2.24) is 9.88 Å². The van der Waals surface area contributed by atoms with Crippen LogP contribution in [0.3, 0.4) is 0 Å². The molecular weight excluding hydrogens is 385 g/mol. The molecule has 0 radical (unpaired) electrons. The lowest BCUT2D eigenvalue weighted by atomic mass is 10.2. The second-order valence-corrected chi connectivity index (χ2v) is 7.06. The number of H-pyrrole nitrogens is 1. The van der Waals surface area contributed by atoms with Gasteiger partial charge < -0.3 is 14.8 Å². The molecule has 1 saturated heterocycles. The third kappa shape index (κ3) is 3.14. The molecule has 2 aromatic carbocycles. The van der Waals surface area contributed by atoms with Crippen LogP contribution in [0, 0.1) is 5.82 Å². The van der Waals surface area contributed by atoms with Crippen LogP contribution in [-0.4, -0.2) is 42.0 Å². The van der Waals surface area contributed by atoms with Crippen molar-refractivity contribution in [2.45, 2.75) is 0 Å². The zero-order chi connectivity index (χ0) is 17.4. The average Bonchev–Trinajstić information content (AvgIpc) is 3.05. The number of carbonyl (C=O) groups is 1. The fraction of sp³-hybridized carbons (Fsp3) is 0.211. The molecule has 6 heteroatoms. The molecule has 0 aliphatic carbocycles. The normalized spacial score (nSPS) is 15.0. The van der Waals surface area contributed by atoms with Gasteiger partial charge in [-0.25, -0.2) is 4.39 Å². The number of halogens is 2. The van der Waals surface area contributed by atoms with Crippen LogP contribution >= 0.6 is 15.9 Å². The van der Waals surface area contributed by atoms with Gasteiger partial charge in [0.1, 0.15) is 11.5 Å². The molecule has 25 heavy (non-hydrogen) atoms. The van der Waals surface area contributed by atoms with Crippen LogP contribution in [0.5, 0.6) is 0 Å².